The van der Waals surface area contributed by atoms with Gasteiger partial charge in [-0.1, -0.05) is 5.16 Å². The van der Waals surface area contributed by atoms with E-state index in [0.29, 0.717) is 36.1 Å². The highest BCUT2D eigenvalue weighted by molar-refractivity contribution is 5.74. The van der Waals surface area contributed by atoms with Crippen LogP contribution in [0.4, 0.5) is 0 Å². The summed E-state index contributed by atoms with van der Waals surface area (Å²) in [6, 6.07) is 4.32. The molecule has 1 amide bonds. The maximum absolute atomic E-state index is 11.9. The number of furan rings is 1. The van der Waals surface area contributed by atoms with E-state index in [0.717, 1.165) is 38.8 Å². The lowest BCUT2D eigenvalue weighted by atomic mass is 10.0. The van der Waals surface area contributed by atoms with Crippen LogP contribution in [0.1, 0.15) is 38.5 Å². The normalized spacial score (nSPS) is 24.8. The van der Waals surface area contributed by atoms with Gasteiger partial charge in [-0.15, -0.1) is 0 Å². The van der Waals surface area contributed by atoms with Gasteiger partial charge in [-0.3, -0.25) is 9.69 Å². The van der Waals surface area contributed by atoms with E-state index in [1.807, 2.05) is 11.0 Å². The van der Waals surface area contributed by atoms with E-state index in [2.05, 4.69) is 15.0 Å². The molecule has 2 aliphatic heterocycles. The van der Waals surface area contributed by atoms with Gasteiger partial charge in [0.2, 0.25) is 17.6 Å². The number of aromatic nitrogens is 2. The van der Waals surface area contributed by atoms with E-state index >= 15 is 0 Å². The summed E-state index contributed by atoms with van der Waals surface area (Å²) in [6.07, 6.45) is 6.04. The molecule has 4 rings (SSSR count). The predicted octanol–water partition coefficient (Wildman–Crippen LogP) is 2.30. The average Bonchev–Trinajstić information content (AvgIpc) is 3.35. The number of amides is 1. The van der Waals surface area contributed by atoms with E-state index in [1.165, 1.54) is 0 Å². The molecule has 2 fully saturated rings. The van der Waals surface area contributed by atoms with E-state index in [4.69, 9.17) is 8.94 Å². The van der Waals surface area contributed by atoms with Crippen LogP contribution in [0.2, 0.25) is 0 Å². The van der Waals surface area contributed by atoms with Gasteiger partial charge in [0, 0.05) is 25.6 Å². The molecule has 2 atom stereocenters. The predicted molar refractivity (Wildman–Crippen MR) is 85.8 cm³/mol. The van der Waals surface area contributed by atoms with Crippen molar-refractivity contribution in [2.24, 2.45) is 0 Å². The molecule has 7 heteroatoms. The van der Waals surface area contributed by atoms with Crippen molar-refractivity contribution < 1.29 is 13.7 Å². The minimum atomic E-state index is 0.183. The van der Waals surface area contributed by atoms with Gasteiger partial charge in [-0.2, -0.15) is 4.98 Å². The van der Waals surface area contributed by atoms with Crippen LogP contribution in [-0.2, 0) is 11.3 Å². The van der Waals surface area contributed by atoms with Gasteiger partial charge in [0.1, 0.15) is 0 Å². The summed E-state index contributed by atoms with van der Waals surface area (Å²) in [5, 5.41) is 4.00. The molecule has 0 bridgehead atoms. The SMILES string of the molecule is CC(=O)N1CCCC1C1CCCN1Cc1nc(-c2ccco2)no1. The third-order valence-electron chi connectivity index (χ3n) is 5.11. The Morgan fingerprint density at radius 1 is 1.29 bits per heavy atom. The third-order valence-corrected chi connectivity index (χ3v) is 5.11. The van der Waals surface area contributed by atoms with Gasteiger partial charge in [0.15, 0.2) is 5.76 Å². The van der Waals surface area contributed by atoms with E-state index < -0.39 is 0 Å². The van der Waals surface area contributed by atoms with Gasteiger partial charge in [0.05, 0.1) is 12.8 Å². The van der Waals surface area contributed by atoms with Crippen molar-refractivity contribution in [3.63, 3.8) is 0 Å². The average molecular weight is 330 g/mol. The summed E-state index contributed by atoms with van der Waals surface area (Å²) in [5.74, 6) is 1.88. The summed E-state index contributed by atoms with van der Waals surface area (Å²) in [6.45, 7) is 4.19. The van der Waals surface area contributed by atoms with Crippen LogP contribution in [0.5, 0.6) is 0 Å². The van der Waals surface area contributed by atoms with Crippen molar-refractivity contribution in [3.05, 3.63) is 24.3 Å². The summed E-state index contributed by atoms with van der Waals surface area (Å²) < 4.78 is 10.7. The standard InChI is InChI=1S/C17H22N4O3/c1-12(22)21-9-3-6-14(21)13-5-2-8-20(13)11-16-18-17(19-24-16)15-7-4-10-23-15/h4,7,10,13-14H,2-3,5-6,8-9,11H2,1H3. The van der Waals surface area contributed by atoms with Crippen molar-refractivity contribution in [1.82, 2.24) is 19.9 Å². The van der Waals surface area contributed by atoms with Crippen LogP contribution >= 0.6 is 0 Å². The van der Waals surface area contributed by atoms with Crippen LogP contribution in [0.3, 0.4) is 0 Å². The lowest BCUT2D eigenvalue weighted by Gasteiger charge is -2.33. The summed E-state index contributed by atoms with van der Waals surface area (Å²) in [4.78, 5) is 20.7. The molecule has 2 aliphatic rings. The molecule has 0 aromatic carbocycles. The molecule has 2 aromatic heterocycles. The van der Waals surface area contributed by atoms with Crippen LogP contribution < -0.4 is 0 Å². The van der Waals surface area contributed by atoms with Crippen LogP contribution in [-0.4, -0.2) is 51.0 Å². The van der Waals surface area contributed by atoms with E-state index in [1.54, 1.807) is 19.3 Å². The monoisotopic (exact) mass is 330 g/mol. The molecule has 128 valence electrons. The topological polar surface area (TPSA) is 75.6 Å². The molecule has 4 heterocycles. The Hall–Kier alpha value is -2.15. The second kappa shape index (κ2) is 6.39. The van der Waals surface area contributed by atoms with Crippen LogP contribution in [0, 0.1) is 0 Å². The minimum Gasteiger partial charge on any atom is -0.461 e. The number of carbonyl (C=O) groups excluding carboxylic acids is 1. The Balaban J connectivity index is 1.47. The quantitative estimate of drug-likeness (QED) is 0.856. The first-order valence-electron chi connectivity index (χ1n) is 8.60. The molecule has 7 nitrogen and oxygen atoms in total. The first kappa shape index (κ1) is 15.4. The zero-order chi connectivity index (χ0) is 16.5. The summed E-state index contributed by atoms with van der Waals surface area (Å²) in [7, 11) is 0. The number of nitrogens with zero attached hydrogens (tertiary/aromatic N) is 4. The molecule has 2 unspecified atom stereocenters. The first-order valence-corrected chi connectivity index (χ1v) is 8.60. The van der Waals surface area contributed by atoms with Crippen molar-refractivity contribution in [2.75, 3.05) is 13.1 Å². The highest BCUT2D eigenvalue weighted by atomic mass is 16.5. The fraction of sp³-hybridized carbons (Fsp3) is 0.588. The zero-order valence-corrected chi connectivity index (χ0v) is 13.9. The maximum atomic E-state index is 11.9. The van der Waals surface area contributed by atoms with E-state index in [9.17, 15) is 4.79 Å². The molecule has 0 spiro atoms. The molecule has 0 N–H and O–H groups in total. The highest BCUT2D eigenvalue weighted by Crippen LogP contribution is 2.31. The number of hydrogen-bond donors (Lipinski definition) is 0. The molecule has 0 radical (unpaired) electrons. The molecule has 0 aliphatic carbocycles. The van der Waals surface area contributed by atoms with Crippen LogP contribution in [0.25, 0.3) is 11.6 Å². The molecule has 2 aromatic rings. The van der Waals surface area contributed by atoms with Crippen molar-refractivity contribution >= 4 is 5.91 Å². The second-order valence-corrected chi connectivity index (χ2v) is 6.59. The van der Waals surface area contributed by atoms with Gasteiger partial charge in [0.25, 0.3) is 0 Å². The third kappa shape index (κ3) is 2.84. The summed E-state index contributed by atoms with van der Waals surface area (Å²) in [5.41, 5.74) is 0. The Morgan fingerprint density at radius 3 is 2.92 bits per heavy atom. The lowest BCUT2D eigenvalue weighted by molar-refractivity contribution is -0.130. The van der Waals surface area contributed by atoms with Crippen molar-refractivity contribution in [1.29, 1.82) is 0 Å². The Morgan fingerprint density at radius 2 is 2.12 bits per heavy atom. The minimum absolute atomic E-state index is 0.183. The Bertz CT molecular complexity index is 697. The van der Waals surface area contributed by atoms with Gasteiger partial charge in [-0.25, -0.2) is 0 Å². The maximum Gasteiger partial charge on any atom is 0.241 e. The molecule has 2 saturated heterocycles. The van der Waals surface area contributed by atoms with E-state index in [-0.39, 0.29) is 5.91 Å². The zero-order valence-electron chi connectivity index (χ0n) is 13.9. The van der Waals surface area contributed by atoms with Gasteiger partial charge < -0.3 is 13.8 Å². The Labute approximate surface area is 140 Å². The first-order chi connectivity index (χ1) is 11.7. The number of carbonyl (C=O) groups is 1. The van der Waals surface area contributed by atoms with Crippen molar-refractivity contribution in [3.8, 4) is 11.6 Å². The molecule has 0 saturated carbocycles. The van der Waals surface area contributed by atoms with Gasteiger partial charge in [-0.05, 0) is 44.4 Å². The number of hydrogen-bond acceptors (Lipinski definition) is 6. The van der Waals surface area contributed by atoms with Crippen LogP contribution in [0.15, 0.2) is 27.3 Å². The number of likely N-dealkylation sites (tertiary alicyclic amines) is 2. The fourth-order valence-corrected chi connectivity index (χ4v) is 4.07. The molecular weight excluding hydrogens is 308 g/mol. The fourth-order valence-electron chi connectivity index (χ4n) is 4.07. The largest absolute Gasteiger partial charge is 0.461 e. The highest BCUT2D eigenvalue weighted by Gasteiger charge is 2.39. The Kier molecular flexibility index (Phi) is 4.10. The second-order valence-electron chi connectivity index (χ2n) is 6.59. The van der Waals surface area contributed by atoms with Crippen molar-refractivity contribution in [2.45, 2.75) is 51.2 Å². The summed E-state index contributed by atoms with van der Waals surface area (Å²) >= 11 is 0. The number of rotatable bonds is 4. The lowest BCUT2D eigenvalue weighted by Crippen LogP contribution is -2.47. The molecule has 24 heavy (non-hydrogen) atoms. The smallest absolute Gasteiger partial charge is 0.241 e. The van der Waals surface area contributed by atoms with Gasteiger partial charge >= 0.3 is 0 Å². The molecular formula is C17H22N4O3.